The summed E-state index contributed by atoms with van der Waals surface area (Å²) in [5.41, 5.74) is 3.70. The predicted octanol–water partition coefficient (Wildman–Crippen LogP) is 3.40. The highest BCUT2D eigenvalue weighted by Crippen LogP contribution is 2.21. The minimum Gasteiger partial charge on any atom is -0.306 e. The molecule has 0 bridgehead atoms. The van der Waals surface area contributed by atoms with Crippen LogP contribution < -0.4 is 5.32 Å². The third-order valence-electron chi connectivity index (χ3n) is 3.05. The monoisotopic (exact) mass is 327 g/mol. The summed E-state index contributed by atoms with van der Waals surface area (Å²) in [4.78, 5) is 1.41. The third kappa shape index (κ3) is 2.84. The highest BCUT2D eigenvalue weighted by molar-refractivity contribution is 9.10. The molecule has 1 N–H and O–H groups in total. The minimum absolute atomic E-state index is 0.835. The first-order valence-corrected chi connectivity index (χ1v) is 7.74. The van der Waals surface area contributed by atoms with Crippen molar-refractivity contribution in [2.24, 2.45) is 7.05 Å². The molecule has 18 heavy (non-hydrogen) atoms. The van der Waals surface area contributed by atoms with E-state index in [0.29, 0.717) is 0 Å². The van der Waals surface area contributed by atoms with Crippen molar-refractivity contribution in [1.82, 2.24) is 15.1 Å². The van der Waals surface area contributed by atoms with Crippen molar-refractivity contribution >= 4 is 27.3 Å². The van der Waals surface area contributed by atoms with Crippen LogP contribution in [-0.2, 0) is 26.6 Å². The summed E-state index contributed by atoms with van der Waals surface area (Å²) in [6, 6.07) is 2.16. The molecule has 3 nitrogen and oxygen atoms in total. The Labute approximate surface area is 120 Å². The molecule has 0 unspecified atom stereocenters. The van der Waals surface area contributed by atoms with E-state index in [1.54, 1.807) is 11.3 Å². The number of thiophene rings is 1. The van der Waals surface area contributed by atoms with Crippen LogP contribution in [0.15, 0.2) is 15.9 Å². The Morgan fingerprint density at radius 2 is 2.22 bits per heavy atom. The number of nitrogens with one attached hydrogen (secondary N) is 1. The van der Waals surface area contributed by atoms with Crippen molar-refractivity contribution in [3.63, 3.8) is 0 Å². The van der Waals surface area contributed by atoms with Gasteiger partial charge in [0, 0.05) is 25.0 Å². The number of aromatic nitrogens is 2. The maximum atomic E-state index is 4.49. The molecule has 0 aliphatic rings. The lowest BCUT2D eigenvalue weighted by Gasteiger charge is -2.05. The van der Waals surface area contributed by atoms with Crippen LogP contribution in [0.25, 0.3) is 0 Å². The predicted molar refractivity (Wildman–Crippen MR) is 79.9 cm³/mol. The molecule has 0 aromatic carbocycles. The fourth-order valence-electron chi connectivity index (χ4n) is 1.89. The van der Waals surface area contributed by atoms with Crippen LogP contribution >= 0.6 is 27.3 Å². The lowest BCUT2D eigenvalue weighted by molar-refractivity contribution is 0.624. The van der Waals surface area contributed by atoms with Gasteiger partial charge in [-0.25, -0.2) is 0 Å². The van der Waals surface area contributed by atoms with Gasteiger partial charge in [-0.3, -0.25) is 4.68 Å². The number of nitrogens with zero attached hydrogens (tertiary/aromatic N) is 2. The van der Waals surface area contributed by atoms with Crippen LogP contribution in [0.4, 0.5) is 0 Å². The molecule has 0 aliphatic carbocycles. The molecule has 2 aromatic rings. The van der Waals surface area contributed by atoms with Gasteiger partial charge in [0.15, 0.2) is 0 Å². The van der Waals surface area contributed by atoms with E-state index in [-0.39, 0.29) is 0 Å². The first-order chi connectivity index (χ1) is 8.63. The number of rotatable bonds is 5. The quantitative estimate of drug-likeness (QED) is 0.912. The van der Waals surface area contributed by atoms with E-state index in [9.17, 15) is 0 Å². The van der Waals surface area contributed by atoms with Gasteiger partial charge in [0.25, 0.3) is 0 Å². The molecule has 2 aromatic heterocycles. The molecule has 0 fully saturated rings. The number of hydrogen-bond donors (Lipinski definition) is 1. The van der Waals surface area contributed by atoms with Crippen LogP contribution in [0.1, 0.15) is 28.8 Å². The van der Waals surface area contributed by atoms with E-state index in [1.807, 2.05) is 11.7 Å². The van der Waals surface area contributed by atoms with E-state index in [1.165, 1.54) is 16.1 Å². The topological polar surface area (TPSA) is 29.9 Å². The highest BCUT2D eigenvalue weighted by Gasteiger charge is 2.11. The second-order valence-corrected chi connectivity index (χ2v) is 6.11. The van der Waals surface area contributed by atoms with Crippen molar-refractivity contribution in [1.29, 1.82) is 0 Å². The second kappa shape index (κ2) is 5.99. The molecule has 0 saturated heterocycles. The highest BCUT2D eigenvalue weighted by atomic mass is 79.9. The zero-order valence-corrected chi connectivity index (χ0v) is 13.4. The smallest absolute Gasteiger partial charge is 0.0767 e. The SMILES string of the molecule is CCc1nn(C)c(CNCc2sccc2C)c1Br. The zero-order valence-electron chi connectivity index (χ0n) is 11.0. The van der Waals surface area contributed by atoms with Crippen molar-refractivity contribution in [2.45, 2.75) is 33.4 Å². The lowest BCUT2D eigenvalue weighted by Crippen LogP contribution is -2.15. The summed E-state index contributed by atoms with van der Waals surface area (Å²) in [7, 11) is 2.00. The van der Waals surface area contributed by atoms with Crippen molar-refractivity contribution in [2.75, 3.05) is 0 Å². The average Bonchev–Trinajstić information content (AvgIpc) is 2.87. The van der Waals surface area contributed by atoms with Gasteiger partial charge in [0.1, 0.15) is 0 Å². The molecule has 0 radical (unpaired) electrons. The molecule has 0 aliphatic heterocycles. The maximum Gasteiger partial charge on any atom is 0.0767 e. The molecule has 0 saturated carbocycles. The molecule has 0 amide bonds. The Hall–Kier alpha value is -0.650. The van der Waals surface area contributed by atoms with Crippen molar-refractivity contribution in [3.8, 4) is 0 Å². The summed E-state index contributed by atoms with van der Waals surface area (Å²) in [6.07, 6.45) is 0.957. The minimum atomic E-state index is 0.835. The van der Waals surface area contributed by atoms with Crippen molar-refractivity contribution in [3.05, 3.63) is 37.7 Å². The molecule has 2 heterocycles. The number of aryl methyl sites for hydroxylation is 3. The standard InChI is InChI=1S/C13H18BrN3S/c1-4-10-13(14)11(17(3)16-10)7-15-8-12-9(2)5-6-18-12/h5-6,15H,4,7-8H2,1-3H3. The molecular weight excluding hydrogens is 310 g/mol. The van der Waals surface area contributed by atoms with E-state index >= 15 is 0 Å². The van der Waals surface area contributed by atoms with Crippen molar-refractivity contribution < 1.29 is 0 Å². The van der Waals surface area contributed by atoms with Gasteiger partial charge in [-0.15, -0.1) is 11.3 Å². The van der Waals surface area contributed by atoms with Gasteiger partial charge in [0.05, 0.1) is 15.9 Å². The first kappa shape index (κ1) is 13.8. The first-order valence-electron chi connectivity index (χ1n) is 6.07. The third-order valence-corrected chi connectivity index (χ3v) is 4.99. The second-order valence-electron chi connectivity index (χ2n) is 4.31. The Bertz CT molecular complexity index is 530. The maximum absolute atomic E-state index is 4.49. The van der Waals surface area contributed by atoms with Crippen LogP contribution in [-0.4, -0.2) is 9.78 Å². The van der Waals surface area contributed by atoms with Gasteiger partial charge < -0.3 is 5.32 Å². The van der Waals surface area contributed by atoms with Crippen LogP contribution in [0.2, 0.25) is 0 Å². The zero-order chi connectivity index (χ0) is 13.1. The van der Waals surface area contributed by atoms with Gasteiger partial charge in [-0.05, 0) is 46.3 Å². The molecule has 0 atom stereocenters. The summed E-state index contributed by atoms with van der Waals surface area (Å²) >= 11 is 5.44. The molecule has 0 spiro atoms. The van der Waals surface area contributed by atoms with Crippen LogP contribution in [0.3, 0.4) is 0 Å². The van der Waals surface area contributed by atoms with Gasteiger partial charge in [0.2, 0.25) is 0 Å². The Morgan fingerprint density at radius 1 is 1.44 bits per heavy atom. The molecule has 2 rings (SSSR count). The molecule has 98 valence electrons. The Balaban J connectivity index is 1.98. The largest absolute Gasteiger partial charge is 0.306 e. The molecule has 5 heteroatoms. The van der Waals surface area contributed by atoms with Gasteiger partial charge >= 0.3 is 0 Å². The van der Waals surface area contributed by atoms with E-state index in [2.05, 4.69) is 51.6 Å². The fourth-order valence-corrected chi connectivity index (χ4v) is 3.52. The number of hydrogen-bond acceptors (Lipinski definition) is 3. The molecular formula is C13H18BrN3S. The average molecular weight is 328 g/mol. The number of halogens is 1. The van der Waals surface area contributed by atoms with E-state index in [0.717, 1.165) is 29.7 Å². The van der Waals surface area contributed by atoms with E-state index < -0.39 is 0 Å². The Kier molecular flexibility index (Phi) is 4.59. The van der Waals surface area contributed by atoms with E-state index in [4.69, 9.17) is 0 Å². The Morgan fingerprint density at radius 3 is 2.78 bits per heavy atom. The normalized spacial score (nSPS) is 11.1. The van der Waals surface area contributed by atoms with Gasteiger partial charge in [-0.1, -0.05) is 6.92 Å². The summed E-state index contributed by atoms with van der Waals surface area (Å²) in [6.45, 7) is 6.03. The fraction of sp³-hybridized carbons (Fsp3) is 0.462. The summed E-state index contributed by atoms with van der Waals surface area (Å²) in [5.74, 6) is 0. The summed E-state index contributed by atoms with van der Waals surface area (Å²) < 4.78 is 3.10. The lowest BCUT2D eigenvalue weighted by atomic mass is 10.3. The summed E-state index contributed by atoms with van der Waals surface area (Å²) in [5, 5.41) is 10.1. The van der Waals surface area contributed by atoms with Crippen LogP contribution in [0, 0.1) is 6.92 Å². The van der Waals surface area contributed by atoms with Crippen LogP contribution in [0.5, 0.6) is 0 Å². The van der Waals surface area contributed by atoms with Gasteiger partial charge in [-0.2, -0.15) is 5.10 Å².